The Bertz CT molecular complexity index is 844. The second kappa shape index (κ2) is 5.32. The molecule has 1 spiro atoms. The van der Waals surface area contributed by atoms with E-state index >= 15 is 0 Å². The SMILES string of the molecule is Cc1c(Cl)ccc(S(=O)(=O)N2CC[C@@]34OCCN3C(=O)C[C@@H]24)c1Cl. The molecule has 24 heavy (non-hydrogen) atoms. The van der Waals surface area contributed by atoms with Gasteiger partial charge in [-0.3, -0.25) is 4.79 Å². The zero-order valence-corrected chi connectivity index (χ0v) is 15.3. The summed E-state index contributed by atoms with van der Waals surface area (Å²) in [6.45, 7) is 2.94. The van der Waals surface area contributed by atoms with Gasteiger partial charge in [0.1, 0.15) is 4.90 Å². The maximum Gasteiger partial charge on any atom is 0.245 e. The summed E-state index contributed by atoms with van der Waals surface area (Å²) >= 11 is 12.3. The summed E-state index contributed by atoms with van der Waals surface area (Å²) in [4.78, 5) is 13.9. The van der Waals surface area contributed by atoms with Crippen molar-refractivity contribution >= 4 is 39.1 Å². The minimum Gasteiger partial charge on any atom is -0.352 e. The minimum atomic E-state index is -3.85. The zero-order chi connectivity index (χ0) is 17.3. The van der Waals surface area contributed by atoms with Gasteiger partial charge in [-0.1, -0.05) is 23.2 Å². The van der Waals surface area contributed by atoms with Crippen molar-refractivity contribution in [1.82, 2.24) is 9.21 Å². The van der Waals surface area contributed by atoms with Gasteiger partial charge in [0.05, 0.1) is 17.7 Å². The Morgan fingerprint density at radius 2 is 2.04 bits per heavy atom. The van der Waals surface area contributed by atoms with Gasteiger partial charge >= 0.3 is 0 Å². The van der Waals surface area contributed by atoms with Crippen molar-refractivity contribution in [3.05, 3.63) is 27.7 Å². The van der Waals surface area contributed by atoms with Crippen LogP contribution < -0.4 is 0 Å². The molecule has 0 saturated carbocycles. The van der Waals surface area contributed by atoms with E-state index in [2.05, 4.69) is 0 Å². The monoisotopic (exact) mass is 390 g/mol. The predicted octanol–water partition coefficient (Wildman–Crippen LogP) is 2.02. The lowest BCUT2D eigenvalue weighted by Gasteiger charge is -2.31. The molecule has 0 N–H and O–H groups in total. The van der Waals surface area contributed by atoms with E-state index in [-0.39, 0.29) is 22.2 Å². The van der Waals surface area contributed by atoms with Crippen molar-refractivity contribution in [3.8, 4) is 0 Å². The van der Waals surface area contributed by atoms with Gasteiger partial charge in [-0.2, -0.15) is 4.31 Å². The second-order valence-corrected chi connectivity index (χ2v) is 8.95. The molecule has 3 aliphatic rings. The highest BCUT2D eigenvalue weighted by Crippen LogP contribution is 2.48. The lowest BCUT2D eigenvalue weighted by Crippen LogP contribution is -2.48. The number of hydrogen-bond acceptors (Lipinski definition) is 4. The number of ether oxygens (including phenoxy) is 1. The Labute approximate surface area is 150 Å². The van der Waals surface area contributed by atoms with Gasteiger partial charge in [-0.15, -0.1) is 0 Å². The van der Waals surface area contributed by atoms with E-state index in [4.69, 9.17) is 27.9 Å². The molecule has 9 heteroatoms. The van der Waals surface area contributed by atoms with Crippen molar-refractivity contribution in [3.63, 3.8) is 0 Å². The molecular weight excluding hydrogens is 375 g/mol. The Kier molecular flexibility index (Phi) is 3.68. The maximum atomic E-state index is 13.2. The fraction of sp³-hybridized carbons (Fsp3) is 0.533. The average Bonchev–Trinajstić information content (AvgIpc) is 3.16. The lowest BCUT2D eigenvalue weighted by atomic mass is 10.1. The van der Waals surface area contributed by atoms with Crippen molar-refractivity contribution in [2.75, 3.05) is 19.7 Å². The first kappa shape index (κ1) is 16.6. The fourth-order valence-electron chi connectivity index (χ4n) is 4.00. The maximum absolute atomic E-state index is 13.2. The highest BCUT2D eigenvalue weighted by molar-refractivity contribution is 7.89. The van der Waals surface area contributed by atoms with Crippen LogP contribution >= 0.6 is 23.2 Å². The summed E-state index contributed by atoms with van der Waals surface area (Å²) in [7, 11) is -3.85. The fourth-order valence-corrected chi connectivity index (χ4v) is 6.45. The molecule has 1 aromatic rings. The quantitative estimate of drug-likeness (QED) is 0.774. The van der Waals surface area contributed by atoms with Crippen LogP contribution in [-0.2, 0) is 19.6 Å². The number of sulfonamides is 1. The number of amides is 1. The largest absolute Gasteiger partial charge is 0.352 e. The smallest absolute Gasteiger partial charge is 0.245 e. The Balaban J connectivity index is 1.77. The number of benzene rings is 1. The summed E-state index contributed by atoms with van der Waals surface area (Å²) in [6, 6.07) is 2.44. The third-order valence-corrected chi connectivity index (χ3v) is 8.18. The van der Waals surface area contributed by atoms with Gasteiger partial charge < -0.3 is 9.64 Å². The van der Waals surface area contributed by atoms with Crippen LogP contribution in [0.5, 0.6) is 0 Å². The molecule has 2 atom stereocenters. The standard InChI is InChI=1S/C15H16Cl2N2O4S/c1-9-10(16)2-3-11(14(9)17)24(21,22)19-5-4-15-12(19)8-13(20)18(15)6-7-23-15/h2-3,12H,4-8H2,1H3/t12-,15+/m1/s1. The van der Waals surface area contributed by atoms with Crippen LogP contribution in [0.15, 0.2) is 17.0 Å². The molecule has 3 aliphatic heterocycles. The number of carbonyl (C=O) groups is 1. The molecule has 4 rings (SSSR count). The second-order valence-electron chi connectivity index (χ2n) is 6.31. The van der Waals surface area contributed by atoms with Gasteiger partial charge in [0.25, 0.3) is 0 Å². The summed E-state index contributed by atoms with van der Waals surface area (Å²) in [5.74, 6) is -0.0595. The van der Waals surface area contributed by atoms with E-state index in [0.717, 1.165) is 0 Å². The third-order valence-electron chi connectivity index (χ3n) is 5.22. The first-order valence-electron chi connectivity index (χ1n) is 7.70. The van der Waals surface area contributed by atoms with E-state index in [1.54, 1.807) is 11.8 Å². The van der Waals surface area contributed by atoms with Crippen molar-refractivity contribution in [1.29, 1.82) is 0 Å². The van der Waals surface area contributed by atoms with Crippen LogP contribution in [0.1, 0.15) is 18.4 Å². The van der Waals surface area contributed by atoms with Crippen LogP contribution in [0.25, 0.3) is 0 Å². The normalized spacial score (nSPS) is 30.0. The molecule has 3 saturated heterocycles. The highest BCUT2D eigenvalue weighted by Gasteiger charge is 2.64. The van der Waals surface area contributed by atoms with E-state index in [0.29, 0.717) is 36.7 Å². The van der Waals surface area contributed by atoms with E-state index < -0.39 is 21.8 Å². The van der Waals surface area contributed by atoms with E-state index in [1.165, 1.54) is 16.4 Å². The molecule has 0 bridgehead atoms. The number of rotatable bonds is 2. The minimum absolute atomic E-state index is 0.0204. The van der Waals surface area contributed by atoms with Gasteiger partial charge in [-0.05, 0) is 24.6 Å². The molecule has 0 aromatic heterocycles. The summed E-state index contributed by atoms with van der Waals surface area (Å²) in [6.07, 6.45) is 0.621. The number of carbonyl (C=O) groups excluding carboxylic acids is 1. The predicted molar refractivity (Wildman–Crippen MR) is 88.5 cm³/mol. The first-order valence-corrected chi connectivity index (χ1v) is 9.89. The van der Waals surface area contributed by atoms with Gasteiger partial charge in [0.2, 0.25) is 15.9 Å². The number of halogens is 2. The van der Waals surface area contributed by atoms with Crippen LogP contribution in [0.3, 0.4) is 0 Å². The molecule has 3 fully saturated rings. The molecule has 0 unspecified atom stereocenters. The number of hydrogen-bond donors (Lipinski definition) is 0. The average molecular weight is 391 g/mol. The topological polar surface area (TPSA) is 66.9 Å². The van der Waals surface area contributed by atoms with Crippen LogP contribution in [0, 0.1) is 6.92 Å². The third kappa shape index (κ3) is 2.02. The molecule has 0 aliphatic carbocycles. The van der Waals surface area contributed by atoms with Crippen molar-refractivity contribution in [2.45, 2.75) is 36.4 Å². The summed E-state index contributed by atoms with van der Waals surface area (Å²) in [5, 5.41) is 0.537. The Hall–Kier alpha value is -0.860. The molecule has 0 radical (unpaired) electrons. The van der Waals surface area contributed by atoms with Gasteiger partial charge in [0, 0.05) is 31.0 Å². The van der Waals surface area contributed by atoms with Gasteiger partial charge in [-0.25, -0.2) is 8.42 Å². The first-order chi connectivity index (χ1) is 11.3. The zero-order valence-electron chi connectivity index (χ0n) is 13.0. The summed E-state index contributed by atoms with van der Waals surface area (Å²) in [5.41, 5.74) is -0.285. The van der Waals surface area contributed by atoms with E-state index in [9.17, 15) is 13.2 Å². The molecule has 1 aromatic carbocycles. The Morgan fingerprint density at radius 3 is 2.79 bits per heavy atom. The van der Waals surface area contributed by atoms with Crippen LogP contribution in [-0.4, -0.2) is 55.0 Å². The Morgan fingerprint density at radius 1 is 1.29 bits per heavy atom. The van der Waals surface area contributed by atoms with Gasteiger partial charge in [0.15, 0.2) is 5.72 Å². The summed E-state index contributed by atoms with van der Waals surface area (Å²) < 4.78 is 33.5. The van der Waals surface area contributed by atoms with E-state index in [1.807, 2.05) is 0 Å². The number of nitrogens with zero attached hydrogens (tertiary/aromatic N) is 2. The molecule has 130 valence electrons. The molecular formula is C15H16Cl2N2O4S. The molecule has 1 amide bonds. The lowest BCUT2D eigenvalue weighted by molar-refractivity contribution is -0.136. The highest BCUT2D eigenvalue weighted by atomic mass is 35.5. The van der Waals surface area contributed by atoms with Crippen LogP contribution in [0.2, 0.25) is 10.0 Å². The van der Waals surface area contributed by atoms with Crippen LogP contribution in [0.4, 0.5) is 0 Å². The van der Waals surface area contributed by atoms with Crippen molar-refractivity contribution < 1.29 is 17.9 Å². The molecule has 3 heterocycles. The molecule has 6 nitrogen and oxygen atoms in total. The van der Waals surface area contributed by atoms with Crippen molar-refractivity contribution in [2.24, 2.45) is 0 Å².